The molecule has 1 aromatic carbocycles. The monoisotopic (exact) mass is 464 g/mol. The molecule has 0 bridgehead atoms. The van der Waals surface area contributed by atoms with Crippen molar-refractivity contribution < 1.29 is 14.4 Å². The van der Waals surface area contributed by atoms with Crippen LogP contribution < -0.4 is 5.32 Å². The third-order valence-electron chi connectivity index (χ3n) is 8.73. The first kappa shape index (κ1) is 22.9. The van der Waals surface area contributed by atoms with Crippen LogP contribution in [0.2, 0.25) is 0 Å². The zero-order chi connectivity index (χ0) is 23.9. The molecule has 2 aromatic rings. The van der Waals surface area contributed by atoms with E-state index in [9.17, 15) is 14.4 Å². The number of rotatable bonds is 5. The summed E-state index contributed by atoms with van der Waals surface area (Å²) in [7, 11) is 0. The van der Waals surface area contributed by atoms with Crippen LogP contribution >= 0.6 is 0 Å². The number of amides is 1. The fourth-order valence-electron chi connectivity index (χ4n) is 7.25. The highest BCUT2D eigenvalue weighted by Gasteiger charge is 2.57. The van der Waals surface area contributed by atoms with Crippen LogP contribution in [-0.4, -0.2) is 27.0 Å². The van der Waals surface area contributed by atoms with Crippen LogP contribution in [0.25, 0.3) is 0 Å². The molecule has 0 radical (unpaired) electrons. The van der Waals surface area contributed by atoms with E-state index >= 15 is 0 Å². The lowest BCUT2D eigenvalue weighted by Crippen LogP contribution is -2.44. The van der Waals surface area contributed by atoms with E-state index in [1.807, 2.05) is 19.1 Å². The van der Waals surface area contributed by atoms with Crippen molar-refractivity contribution in [1.82, 2.24) is 10.2 Å². The average molecular weight is 465 g/mol. The van der Waals surface area contributed by atoms with E-state index < -0.39 is 0 Å². The Hall–Kier alpha value is -2.83. The largest absolute Gasteiger partial charge is 0.411 e. The summed E-state index contributed by atoms with van der Waals surface area (Å²) in [5.41, 5.74) is 4.10. The number of halogens is 1. The van der Waals surface area contributed by atoms with Crippen molar-refractivity contribution in [2.24, 2.45) is 28.3 Å². The van der Waals surface area contributed by atoms with Crippen molar-refractivity contribution in [2.45, 2.75) is 71.1 Å². The van der Waals surface area contributed by atoms with Gasteiger partial charge in [0.2, 0.25) is 5.91 Å². The second kappa shape index (κ2) is 9.08. The number of aromatic nitrogens is 2. The summed E-state index contributed by atoms with van der Waals surface area (Å²) in [6.45, 7) is 4.13. The number of nitrogens with one attached hydrogen (secondary N) is 1. The molecule has 0 saturated heterocycles. The Morgan fingerprint density at radius 3 is 2.88 bits per heavy atom. The van der Waals surface area contributed by atoms with Gasteiger partial charge < -0.3 is 10.5 Å². The van der Waals surface area contributed by atoms with E-state index in [1.54, 1.807) is 18.2 Å². The molecule has 180 valence electrons. The third kappa shape index (κ3) is 4.10. The van der Waals surface area contributed by atoms with Crippen molar-refractivity contribution in [3.8, 4) is 0 Å². The van der Waals surface area contributed by atoms with E-state index in [2.05, 4.69) is 27.6 Å². The molecule has 6 nitrogen and oxygen atoms in total. The van der Waals surface area contributed by atoms with E-state index in [-0.39, 0.29) is 17.1 Å². The van der Waals surface area contributed by atoms with Crippen molar-refractivity contribution in [2.75, 3.05) is 5.32 Å². The normalized spacial score (nSPS) is 31.0. The Kier molecular flexibility index (Phi) is 6.13. The molecule has 5 rings (SSSR count). The molecule has 3 aliphatic rings. The van der Waals surface area contributed by atoms with Gasteiger partial charge in [0, 0.05) is 11.8 Å². The van der Waals surface area contributed by atoms with Crippen LogP contribution in [0.5, 0.6) is 0 Å². The highest BCUT2D eigenvalue weighted by molar-refractivity contribution is 5.92. The second-order valence-electron chi connectivity index (χ2n) is 10.6. The molecule has 3 unspecified atom stereocenters. The number of aryl methyl sites for hydroxylation is 2. The molecule has 2 N–H and O–H groups in total. The lowest BCUT2D eigenvalue weighted by molar-refractivity contribution is -0.116. The van der Waals surface area contributed by atoms with Gasteiger partial charge >= 0.3 is 0 Å². The maximum Gasteiger partial charge on any atom is 0.225 e. The Morgan fingerprint density at radius 2 is 2.12 bits per heavy atom. The van der Waals surface area contributed by atoms with Crippen molar-refractivity contribution >= 4 is 17.4 Å². The Balaban J connectivity index is 1.28. The van der Waals surface area contributed by atoms with Gasteiger partial charge in [-0.15, -0.1) is 5.10 Å². The first-order valence-corrected chi connectivity index (χ1v) is 12.5. The fourth-order valence-corrected chi connectivity index (χ4v) is 7.25. The molecule has 7 heteroatoms. The summed E-state index contributed by atoms with van der Waals surface area (Å²) in [6, 6.07) is 8.89. The van der Waals surface area contributed by atoms with E-state index in [0.717, 1.165) is 61.9 Å². The quantitative estimate of drug-likeness (QED) is 0.442. The molecule has 2 saturated carbocycles. The minimum absolute atomic E-state index is 0.0508. The second-order valence-corrected chi connectivity index (χ2v) is 10.6. The van der Waals surface area contributed by atoms with Gasteiger partial charge in [-0.2, -0.15) is 5.10 Å². The summed E-state index contributed by atoms with van der Waals surface area (Å²) in [5.74, 6) is 2.01. The topological polar surface area (TPSA) is 87.5 Å². The molecule has 1 aromatic heterocycles. The zero-order valence-corrected chi connectivity index (χ0v) is 19.9. The van der Waals surface area contributed by atoms with Gasteiger partial charge in [-0.05, 0) is 111 Å². The molecule has 0 aliphatic heterocycles. The molecule has 1 heterocycles. The van der Waals surface area contributed by atoms with Crippen LogP contribution in [0.15, 0.2) is 35.5 Å². The molecular weight excluding hydrogens is 431 g/mol. The van der Waals surface area contributed by atoms with Crippen LogP contribution in [-0.2, 0) is 11.2 Å². The number of hydrogen-bond acceptors (Lipinski definition) is 5. The Morgan fingerprint density at radius 1 is 1.26 bits per heavy atom. The number of anilines is 1. The lowest BCUT2D eigenvalue weighted by atomic mass is 9.54. The van der Waals surface area contributed by atoms with Crippen LogP contribution in [0, 0.1) is 35.9 Å². The van der Waals surface area contributed by atoms with Gasteiger partial charge in [-0.1, -0.05) is 18.1 Å². The molecule has 0 spiro atoms. The smallest absolute Gasteiger partial charge is 0.225 e. The Bertz CT molecular complexity index is 1100. The van der Waals surface area contributed by atoms with Gasteiger partial charge in [0.25, 0.3) is 0 Å². The molecule has 1 amide bonds. The number of oxime groups is 1. The molecule has 3 aliphatic carbocycles. The van der Waals surface area contributed by atoms with Gasteiger partial charge in [0.15, 0.2) is 5.82 Å². The summed E-state index contributed by atoms with van der Waals surface area (Å²) in [5, 5.41) is 24.4. The summed E-state index contributed by atoms with van der Waals surface area (Å²) < 4.78 is 13.8. The standard InChI is InChI=1S/C27H33FN4O2/c1-16-6-11-24(31-30-16)29-25(33)5-3-4-18-15-23(32-34)27(2)13-12-21-20-10-8-19(28)14-17(20)7-9-22(21)26(18)27/h6,8,10-11,14,18,21-22,26,34H,3-5,7,9,12-13,15H2,1-2H3,(H,29,31,33)/b32-23+/t18-,21?,22?,26?,27-/m1/s1. The number of fused-ring (bicyclic) bond motifs is 5. The number of nitrogens with zero attached hydrogens (tertiary/aromatic N) is 3. The highest BCUT2D eigenvalue weighted by atomic mass is 19.1. The predicted molar refractivity (Wildman–Crippen MR) is 128 cm³/mol. The molecule has 5 atom stereocenters. The maximum atomic E-state index is 13.8. The third-order valence-corrected chi connectivity index (χ3v) is 8.73. The van der Waals surface area contributed by atoms with Crippen molar-refractivity contribution in [3.63, 3.8) is 0 Å². The fraction of sp³-hybridized carbons (Fsp3) is 0.556. The van der Waals surface area contributed by atoms with Gasteiger partial charge in [0.1, 0.15) is 5.82 Å². The number of carbonyl (C=O) groups excluding carboxylic acids is 1. The Labute approximate surface area is 200 Å². The van der Waals surface area contributed by atoms with Gasteiger partial charge in [-0.25, -0.2) is 4.39 Å². The van der Waals surface area contributed by atoms with Crippen molar-refractivity contribution in [3.05, 3.63) is 53.0 Å². The number of carbonyl (C=O) groups is 1. The van der Waals surface area contributed by atoms with Crippen LogP contribution in [0.4, 0.5) is 10.2 Å². The van der Waals surface area contributed by atoms with E-state index in [4.69, 9.17) is 0 Å². The van der Waals surface area contributed by atoms with E-state index in [0.29, 0.717) is 35.9 Å². The lowest BCUT2D eigenvalue weighted by Gasteiger charge is -2.50. The van der Waals surface area contributed by atoms with Gasteiger partial charge in [0.05, 0.1) is 11.4 Å². The maximum absolute atomic E-state index is 13.8. The minimum atomic E-state index is -0.152. The predicted octanol–water partition coefficient (Wildman–Crippen LogP) is 5.65. The molecular formula is C27H33FN4O2. The van der Waals surface area contributed by atoms with Gasteiger partial charge in [-0.3, -0.25) is 4.79 Å². The van der Waals surface area contributed by atoms with Crippen LogP contribution in [0.1, 0.15) is 74.6 Å². The summed E-state index contributed by atoms with van der Waals surface area (Å²) in [6.07, 6.45) is 6.90. The highest BCUT2D eigenvalue weighted by Crippen LogP contribution is 2.62. The SMILES string of the molecule is Cc1ccc(NC(=O)CCC[C@@H]2C/C(=N\O)[C@@]3(C)CCC4c5ccc(F)cc5CCC4C23)nn1. The number of benzene rings is 1. The van der Waals surface area contributed by atoms with Crippen LogP contribution in [0.3, 0.4) is 0 Å². The first-order chi connectivity index (χ1) is 16.4. The minimum Gasteiger partial charge on any atom is -0.411 e. The number of hydrogen-bond donors (Lipinski definition) is 2. The first-order valence-electron chi connectivity index (χ1n) is 12.5. The molecule has 34 heavy (non-hydrogen) atoms. The van der Waals surface area contributed by atoms with E-state index in [1.165, 1.54) is 5.56 Å². The summed E-state index contributed by atoms with van der Waals surface area (Å²) >= 11 is 0. The summed E-state index contributed by atoms with van der Waals surface area (Å²) in [4.78, 5) is 12.5. The molecule has 2 fully saturated rings. The zero-order valence-electron chi connectivity index (χ0n) is 19.9. The average Bonchev–Trinajstić information content (AvgIpc) is 3.11. The van der Waals surface area contributed by atoms with Crippen molar-refractivity contribution in [1.29, 1.82) is 0 Å².